The van der Waals surface area contributed by atoms with Crippen molar-refractivity contribution in [1.29, 1.82) is 0 Å². The van der Waals surface area contributed by atoms with Gasteiger partial charge in [-0.05, 0) is 56.5 Å². The van der Waals surface area contributed by atoms with Gasteiger partial charge in [0.2, 0.25) is 0 Å². The molecule has 6 nitrogen and oxygen atoms in total. The number of alkyl halides is 3. The fourth-order valence-electron chi connectivity index (χ4n) is 3.35. The molecule has 156 valence electrons. The Labute approximate surface area is 166 Å². The van der Waals surface area contributed by atoms with Crippen LogP contribution in [0.3, 0.4) is 0 Å². The number of hydrogen-bond donors (Lipinski definition) is 2. The van der Waals surface area contributed by atoms with E-state index in [-0.39, 0.29) is 6.04 Å². The second kappa shape index (κ2) is 7.90. The molecular formula is C20H22F3N3O3. The first-order valence-corrected chi connectivity index (χ1v) is 9.12. The lowest BCUT2D eigenvalue weighted by atomic mass is 10.0. The summed E-state index contributed by atoms with van der Waals surface area (Å²) in [4.78, 5) is 16.6. The summed E-state index contributed by atoms with van der Waals surface area (Å²) in [6.07, 6.45) is -3.32. The molecule has 1 atom stereocenters. The van der Waals surface area contributed by atoms with Gasteiger partial charge in [0.15, 0.2) is 0 Å². The molecule has 3 rings (SSSR count). The lowest BCUT2D eigenvalue weighted by Gasteiger charge is -2.31. The Hall–Kier alpha value is -2.81. The number of carboxylic acid groups (broad SMARTS) is 1. The maximum Gasteiger partial charge on any atom is 0.417 e. The van der Waals surface area contributed by atoms with Crippen molar-refractivity contribution in [3.63, 3.8) is 0 Å². The van der Waals surface area contributed by atoms with Crippen LogP contribution in [0.5, 0.6) is 0 Å². The van der Waals surface area contributed by atoms with Gasteiger partial charge >= 0.3 is 12.3 Å². The van der Waals surface area contributed by atoms with Gasteiger partial charge in [0, 0.05) is 11.9 Å². The first kappa shape index (κ1) is 20.9. The molecule has 1 aliphatic rings. The molecule has 1 aromatic heterocycles. The first-order valence-electron chi connectivity index (χ1n) is 9.12. The number of aromatic nitrogens is 1. The number of benzene rings is 1. The number of carbonyl (C=O) groups is 1. The zero-order valence-corrected chi connectivity index (χ0v) is 16.0. The zero-order chi connectivity index (χ0) is 21.2. The predicted octanol–water partition coefficient (Wildman–Crippen LogP) is 4.89. The smallest absolute Gasteiger partial charge is 0.417 e. The Morgan fingerprint density at radius 1 is 1.28 bits per heavy atom. The normalized spacial score (nSPS) is 18.7. The quantitative estimate of drug-likeness (QED) is 0.735. The molecule has 0 spiro atoms. The van der Waals surface area contributed by atoms with E-state index in [1.807, 2.05) is 12.1 Å². The van der Waals surface area contributed by atoms with Crippen LogP contribution in [-0.4, -0.2) is 39.5 Å². The van der Waals surface area contributed by atoms with Crippen molar-refractivity contribution < 1.29 is 27.8 Å². The first-order chi connectivity index (χ1) is 13.6. The Morgan fingerprint density at radius 3 is 2.52 bits per heavy atom. The molecule has 0 radical (unpaired) electrons. The Kier molecular flexibility index (Phi) is 5.70. The molecule has 1 aliphatic heterocycles. The van der Waals surface area contributed by atoms with E-state index in [9.17, 15) is 23.1 Å². The summed E-state index contributed by atoms with van der Waals surface area (Å²) in [6.45, 7) is 3.83. The van der Waals surface area contributed by atoms with Crippen molar-refractivity contribution in [2.75, 3.05) is 11.9 Å². The highest BCUT2D eigenvalue weighted by atomic mass is 19.4. The second-order valence-electron chi connectivity index (χ2n) is 7.35. The van der Waals surface area contributed by atoms with Crippen molar-refractivity contribution in [1.82, 2.24) is 9.88 Å². The van der Waals surface area contributed by atoms with Crippen LogP contribution in [0.1, 0.15) is 31.4 Å². The number of pyridine rings is 1. The van der Waals surface area contributed by atoms with Gasteiger partial charge in [-0.2, -0.15) is 13.2 Å². The fourth-order valence-corrected chi connectivity index (χ4v) is 3.35. The van der Waals surface area contributed by atoms with E-state index < -0.39 is 23.6 Å². The average molecular weight is 409 g/mol. The largest absolute Gasteiger partial charge is 0.465 e. The molecule has 0 unspecified atom stereocenters. The minimum atomic E-state index is -4.41. The number of nitrogens with zero attached hydrogens (tertiary/aromatic N) is 2. The third kappa shape index (κ3) is 4.97. The van der Waals surface area contributed by atoms with Crippen molar-refractivity contribution in [2.24, 2.45) is 0 Å². The fraction of sp³-hybridized carbons (Fsp3) is 0.400. The van der Waals surface area contributed by atoms with Gasteiger partial charge < -0.3 is 15.2 Å². The lowest BCUT2D eigenvalue weighted by Crippen LogP contribution is -2.47. The molecule has 1 amide bonds. The summed E-state index contributed by atoms with van der Waals surface area (Å²) in [5, 5.41) is 12.4. The van der Waals surface area contributed by atoms with Gasteiger partial charge in [0.05, 0.1) is 18.2 Å². The van der Waals surface area contributed by atoms with Crippen LogP contribution >= 0.6 is 0 Å². The highest BCUT2D eigenvalue weighted by Crippen LogP contribution is 2.30. The van der Waals surface area contributed by atoms with Crippen molar-refractivity contribution in [2.45, 2.75) is 44.6 Å². The van der Waals surface area contributed by atoms with Crippen LogP contribution in [0.15, 0.2) is 42.6 Å². The third-order valence-corrected chi connectivity index (χ3v) is 4.86. The minimum Gasteiger partial charge on any atom is -0.465 e. The maximum absolute atomic E-state index is 12.6. The molecule has 1 aromatic carbocycles. The molecular weight excluding hydrogens is 387 g/mol. The Balaban J connectivity index is 1.57. The predicted molar refractivity (Wildman–Crippen MR) is 101 cm³/mol. The summed E-state index contributed by atoms with van der Waals surface area (Å²) < 4.78 is 43.3. The van der Waals surface area contributed by atoms with Gasteiger partial charge in [-0.1, -0.05) is 12.1 Å². The monoisotopic (exact) mass is 409 g/mol. The Morgan fingerprint density at radius 2 is 1.97 bits per heavy atom. The van der Waals surface area contributed by atoms with Crippen LogP contribution in [0.25, 0.3) is 0 Å². The van der Waals surface area contributed by atoms with Crippen molar-refractivity contribution >= 4 is 17.6 Å². The SMILES string of the molecule is CC1(C)OC[C@H](CCc2ccc(Nc3ccc(C(F)(F)F)cn3)cc2)N1C(=O)O. The number of hydrogen-bond acceptors (Lipinski definition) is 4. The number of anilines is 2. The van der Waals surface area contributed by atoms with E-state index in [4.69, 9.17) is 4.74 Å². The van der Waals surface area contributed by atoms with E-state index in [0.29, 0.717) is 31.0 Å². The number of aryl methyl sites for hydroxylation is 1. The molecule has 2 aromatic rings. The highest BCUT2D eigenvalue weighted by molar-refractivity contribution is 5.66. The van der Waals surface area contributed by atoms with Crippen LogP contribution in [0.4, 0.5) is 29.5 Å². The molecule has 0 aliphatic carbocycles. The number of nitrogens with one attached hydrogen (secondary N) is 1. The lowest BCUT2D eigenvalue weighted by molar-refractivity contribution is -0.137. The van der Waals surface area contributed by atoms with Gasteiger partial charge in [-0.25, -0.2) is 9.78 Å². The van der Waals surface area contributed by atoms with Crippen LogP contribution in [0.2, 0.25) is 0 Å². The number of halogens is 3. The average Bonchev–Trinajstić information content (AvgIpc) is 2.95. The van der Waals surface area contributed by atoms with Gasteiger partial charge in [0.25, 0.3) is 0 Å². The molecule has 0 saturated carbocycles. The zero-order valence-electron chi connectivity index (χ0n) is 16.0. The second-order valence-corrected chi connectivity index (χ2v) is 7.35. The molecule has 29 heavy (non-hydrogen) atoms. The third-order valence-electron chi connectivity index (χ3n) is 4.86. The standard InChI is InChI=1S/C20H22F3N3O3/c1-19(2)26(18(27)28)16(12-29-19)9-5-13-3-7-15(8-4-13)25-17-10-6-14(11-24-17)20(21,22)23/h3-4,6-8,10-11,16H,5,9,12H2,1-2H3,(H,24,25)(H,27,28)/t16-/m0/s1. The topological polar surface area (TPSA) is 74.7 Å². The summed E-state index contributed by atoms with van der Waals surface area (Å²) in [7, 11) is 0. The maximum atomic E-state index is 12.6. The number of amides is 1. The number of ether oxygens (including phenoxy) is 1. The van der Waals surface area contributed by atoms with E-state index in [1.165, 1.54) is 11.0 Å². The van der Waals surface area contributed by atoms with Crippen LogP contribution < -0.4 is 5.32 Å². The summed E-state index contributed by atoms with van der Waals surface area (Å²) in [6, 6.07) is 9.42. The highest BCUT2D eigenvalue weighted by Gasteiger charge is 2.43. The molecule has 0 bridgehead atoms. The summed E-state index contributed by atoms with van der Waals surface area (Å²) in [5.41, 5.74) is 0.0798. The molecule has 1 fully saturated rings. The molecule has 9 heteroatoms. The van der Waals surface area contributed by atoms with E-state index in [2.05, 4.69) is 10.3 Å². The van der Waals surface area contributed by atoms with Crippen molar-refractivity contribution in [3.8, 4) is 0 Å². The summed E-state index contributed by atoms with van der Waals surface area (Å²) in [5.74, 6) is 0.313. The van der Waals surface area contributed by atoms with Gasteiger partial charge in [0.1, 0.15) is 11.5 Å². The molecule has 1 saturated heterocycles. The molecule has 2 heterocycles. The molecule has 2 N–H and O–H groups in total. The van der Waals surface area contributed by atoms with Gasteiger partial charge in [-0.3, -0.25) is 4.90 Å². The van der Waals surface area contributed by atoms with E-state index >= 15 is 0 Å². The van der Waals surface area contributed by atoms with Gasteiger partial charge in [-0.15, -0.1) is 0 Å². The Bertz CT molecular complexity index is 852. The van der Waals surface area contributed by atoms with Crippen molar-refractivity contribution in [3.05, 3.63) is 53.7 Å². The summed E-state index contributed by atoms with van der Waals surface area (Å²) >= 11 is 0. The van der Waals surface area contributed by atoms with E-state index in [1.54, 1.807) is 26.0 Å². The number of rotatable bonds is 5. The van der Waals surface area contributed by atoms with Crippen LogP contribution in [-0.2, 0) is 17.3 Å². The minimum absolute atomic E-state index is 0.211. The van der Waals surface area contributed by atoms with Crippen LogP contribution in [0, 0.1) is 0 Å². The van der Waals surface area contributed by atoms with E-state index in [0.717, 1.165) is 17.8 Å².